The summed E-state index contributed by atoms with van der Waals surface area (Å²) in [6, 6.07) is 5.03. The van der Waals surface area contributed by atoms with Gasteiger partial charge in [0.15, 0.2) is 0 Å². The lowest BCUT2D eigenvalue weighted by Gasteiger charge is -2.15. The van der Waals surface area contributed by atoms with E-state index in [0.29, 0.717) is 22.7 Å². The number of anilines is 1. The molecule has 0 radical (unpaired) electrons. The molecular formula is C16H24ClNO2. The van der Waals surface area contributed by atoms with Crippen LogP contribution in [0.25, 0.3) is 0 Å². The number of hydrogen-bond donors (Lipinski definition) is 2. The molecule has 0 spiro atoms. The van der Waals surface area contributed by atoms with Gasteiger partial charge in [0.2, 0.25) is 0 Å². The zero-order valence-electron chi connectivity index (χ0n) is 12.1. The molecule has 3 nitrogen and oxygen atoms in total. The van der Waals surface area contributed by atoms with Crippen molar-refractivity contribution in [2.75, 3.05) is 5.73 Å². The molecule has 1 aromatic rings. The average molecular weight is 298 g/mol. The molecule has 0 bridgehead atoms. The number of aliphatic carboxylic acids is 1. The summed E-state index contributed by atoms with van der Waals surface area (Å²) in [6.07, 6.45) is 7.47. The van der Waals surface area contributed by atoms with Gasteiger partial charge in [-0.3, -0.25) is 4.79 Å². The Hall–Kier alpha value is -1.22. The zero-order chi connectivity index (χ0) is 15.0. The van der Waals surface area contributed by atoms with E-state index in [9.17, 15) is 9.90 Å². The number of benzene rings is 1. The Labute approximate surface area is 126 Å². The van der Waals surface area contributed by atoms with E-state index < -0.39 is 11.9 Å². The van der Waals surface area contributed by atoms with Crippen molar-refractivity contribution >= 4 is 23.3 Å². The first-order valence-corrected chi connectivity index (χ1v) is 7.71. The molecule has 0 aliphatic rings. The lowest BCUT2D eigenvalue weighted by Crippen LogP contribution is -2.13. The Morgan fingerprint density at radius 3 is 2.55 bits per heavy atom. The van der Waals surface area contributed by atoms with Crippen LogP contribution in [-0.4, -0.2) is 11.1 Å². The third-order valence-electron chi connectivity index (χ3n) is 3.57. The molecule has 1 rings (SSSR count). The van der Waals surface area contributed by atoms with Gasteiger partial charge in [0.05, 0.1) is 5.92 Å². The average Bonchev–Trinajstić information content (AvgIpc) is 2.41. The number of carbonyl (C=O) groups is 1. The van der Waals surface area contributed by atoms with Crippen molar-refractivity contribution in [1.82, 2.24) is 0 Å². The number of carboxylic acid groups (broad SMARTS) is 1. The highest BCUT2D eigenvalue weighted by atomic mass is 35.5. The summed E-state index contributed by atoms with van der Waals surface area (Å²) in [5.74, 6) is -1.38. The molecular weight excluding hydrogens is 274 g/mol. The molecule has 4 heteroatoms. The highest BCUT2D eigenvalue weighted by Crippen LogP contribution is 2.30. The number of rotatable bonds is 9. The standard InChI is InChI=1S/C16H24ClNO2/c1-2-3-4-5-6-7-8-13(16(19)20)14-11-12(17)9-10-15(14)18/h9-11,13H,2-8,18H2,1H3,(H,19,20). The van der Waals surface area contributed by atoms with Crippen LogP contribution in [0.3, 0.4) is 0 Å². The minimum absolute atomic E-state index is 0.507. The van der Waals surface area contributed by atoms with Gasteiger partial charge < -0.3 is 10.8 Å². The lowest BCUT2D eigenvalue weighted by molar-refractivity contribution is -0.139. The van der Waals surface area contributed by atoms with Gasteiger partial charge in [-0.2, -0.15) is 0 Å². The molecule has 0 aliphatic carbocycles. The maximum Gasteiger partial charge on any atom is 0.311 e. The fourth-order valence-electron chi connectivity index (χ4n) is 2.39. The van der Waals surface area contributed by atoms with Crippen LogP contribution >= 0.6 is 11.6 Å². The van der Waals surface area contributed by atoms with E-state index in [1.165, 1.54) is 25.7 Å². The van der Waals surface area contributed by atoms with Crippen molar-refractivity contribution in [3.05, 3.63) is 28.8 Å². The van der Waals surface area contributed by atoms with E-state index in [0.717, 1.165) is 12.8 Å². The first-order chi connectivity index (χ1) is 9.56. The predicted octanol–water partition coefficient (Wildman–Crippen LogP) is 4.84. The molecule has 0 saturated carbocycles. The van der Waals surface area contributed by atoms with E-state index in [4.69, 9.17) is 17.3 Å². The number of hydrogen-bond acceptors (Lipinski definition) is 2. The molecule has 0 amide bonds. The second kappa shape index (κ2) is 8.85. The summed E-state index contributed by atoms with van der Waals surface area (Å²) in [7, 11) is 0. The van der Waals surface area contributed by atoms with E-state index >= 15 is 0 Å². The van der Waals surface area contributed by atoms with Crippen LogP contribution in [0.1, 0.15) is 63.4 Å². The molecule has 112 valence electrons. The first-order valence-electron chi connectivity index (χ1n) is 7.34. The molecule has 3 N–H and O–H groups in total. The van der Waals surface area contributed by atoms with Crippen LogP contribution in [0.15, 0.2) is 18.2 Å². The number of halogens is 1. The maximum absolute atomic E-state index is 11.4. The van der Waals surface area contributed by atoms with Crippen molar-refractivity contribution in [2.45, 2.75) is 57.8 Å². The van der Waals surface area contributed by atoms with E-state index in [1.54, 1.807) is 18.2 Å². The number of nitrogens with two attached hydrogens (primary N) is 1. The predicted molar refractivity (Wildman–Crippen MR) is 84.2 cm³/mol. The van der Waals surface area contributed by atoms with Crippen molar-refractivity contribution in [3.8, 4) is 0 Å². The molecule has 20 heavy (non-hydrogen) atoms. The highest BCUT2D eigenvalue weighted by Gasteiger charge is 2.21. The number of nitrogen functional groups attached to an aromatic ring is 1. The highest BCUT2D eigenvalue weighted by molar-refractivity contribution is 6.30. The molecule has 0 heterocycles. The minimum atomic E-state index is -0.826. The summed E-state index contributed by atoms with van der Waals surface area (Å²) in [5.41, 5.74) is 7.02. The van der Waals surface area contributed by atoms with Crippen LogP contribution in [0.4, 0.5) is 5.69 Å². The normalized spacial score (nSPS) is 12.3. The van der Waals surface area contributed by atoms with Gasteiger partial charge in [0.25, 0.3) is 0 Å². The quantitative estimate of drug-likeness (QED) is 0.506. The molecule has 1 atom stereocenters. The van der Waals surface area contributed by atoms with Crippen LogP contribution in [0.5, 0.6) is 0 Å². The third-order valence-corrected chi connectivity index (χ3v) is 3.80. The lowest BCUT2D eigenvalue weighted by atomic mass is 9.92. The van der Waals surface area contributed by atoms with Crippen molar-refractivity contribution in [1.29, 1.82) is 0 Å². The molecule has 0 saturated heterocycles. The second-order valence-corrected chi connectivity index (χ2v) is 5.66. The van der Waals surface area contributed by atoms with Crippen LogP contribution < -0.4 is 5.73 Å². The monoisotopic (exact) mass is 297 g/mol. The molecule has 1 aromatic carbocycles. The largest absolute Gasteiger partial charge is 0.481 e. The van der Waals surface area contributed by atoms with E-state index in [1.807, 2.05) is 0 Å². The Morgan fingerprint density at radius 1 is 1.25 bits per heavy atom. The maximum atomic E-state index is 11.4. The molecule has 0 aliphatic heterocycles. The topological polar surface area (TPSA) is 63.3 Å². The minimum Gasteiger partial charge on any atom is -0.481 e. The molecule has 0 fully saturated rings. The first kappa shape index (κ1) is 16.8. The summed E-state index contributed by atoms with van der Waals surface area (Å²) < 4.78 is 0. The van der Waals surface area contributed by atoms with Gasteiger partial charge in [-0.1, -0.05) is 57.0 Å². The summed E-state index contributed by atoms with van der Waals surface area (Å²) in [5, 5.41) is 9.92. The van der Waals surface area contributed by atoms with Crippen LogP contribution in [0.2, 0.25) is 5.02 Å². The number of carboxylic acids is 1. The smallest absolute Gasteiger partial charge is 0.311 e. The zero-order valence-corrected chi connectivity index (χ0v) is 12.8. The fourth-order valence-corrected chi connectivity index (χ4v) is 2.57. The second-order valence-electron chi connectivity index (χ2n) is 5.22. The van der Waals surface area contributed by atoms with Crippen molar-refractivity contribution in [2.24, 2.45) is 0 Å². The summed E-state index contributed by atoms with van der Waals surface area (Å²) in [4.78, 5) is 11.4. The molecule has 0 aromatic heterocycles. The van der Waals surface area contributed by atoms with Gasteiger partial charge in [-0.25, -0.2) is 0 Å². The van der Waals surface area contributed by atoms with Crippen molar-refractivity contribution in [3.63, 3.8) is 0 Å². The van der Waals surface area contributed by atoms with Gasteiger partial charge in [0.1, 0.15) is 0 Å². The van der Waals surface area contributed by atoms with Crippen molar-refractivity contribution < 1.29 is 9.90 Å². The summed E-state index contributed by atoms with van der Waals surface area (Å²) >= 11 is 5.94. The van der Waals surface area contributed by atoms with Crippen LogP contribution in [0, 0.1) is 0 Å². The fraction of sp³-hybridized carbons (Fsp3) is 0.562. The van der Waals surface area contributed by atoms with Gasteiger partial charge in [-0.15, -0.1) is 0 Å². The third kappa shape index (κ3) is 5.41. The van der Waals surface area contributed by atoms with Gasteiger partial charge in [-0.05, 0) is 30.2 Å². The van der Waals surface area contributed by atoms with E-state index in [2.05, 4.69) is 6.92 Å². The SMILES string of the molecule is CCCCCCCCC(C(=O)O)c1cc(Cl)ccc1N. The van der Waals surface area contributed by atoms with Gasteiger partial charge in [0, 0.05) is 10.7 Å². The number of unbranched alkanes of at least 4 members (excludes halogenated alkanes) is 5. The Morgan fingerprint density at radius 2 is 1.90 bits per heavy atom. The Kier molecular flexibility index (Phi) is 7.45. The molecule has 1 unspecified atom stereocenters. The van der Waals surface area contributed by atoms with E-state index in [-0.39, 0.29) is 0 Å². The Balaban J connectivity index is 2.57. The summed E-state index contributed by atoms with van der Waals surface area (Å²) in [6.45, 7) is 2.18. The van der Waals surface area contributed by atoms with Crippen LogP contribution in [-0.2, 0) is 4.79 Å². The van der Waals surface area contributed by atoms with Gasteiger partial charge >= 0.3 is 5.97 Å². The Bertz CT molecular complexity index is 434.